The maximum absolute atomic E-state index is 12.9. The van der Waals surface area contributed by atoms with Crippen LogP contribution in [0.2, 0.25) is 0 Å². The van der Waals surface area contributed by atoms with Gasteiger partial charge in [0.15, 0.2) is 0 Å². The minimum Gasteiger partial charge on any atom is -0.345 e. The maximum atomic E-state index is 12.9. The first-order valence-corrected chi connectivity index (χ1v) is 12.4. The van der Waals surface area contributed by atoms with Crippen molar-refractivity contribution in [1.29, 1.82) is 0 Å². The molecule has 9 heteroatoms. The number of thioether (sulfide) groups is 1. The SMILES string of the molecule is CC(NC(=O)c1sccc1S(=O)(=O)N1CCSCC1)c1ccc(Br)cc1. The van der Waals surface area contributed by atoms with E-state index < -0.39 is 10.0 Å². The molecule has 3 rings (SSSR count). The molecule has 2 heterocycles. The highest BCUT2D eigenvalue weighted by Crippen LogP contribution is 2.28. The Morgan fingerprint density at radius 2 is 1.85 bits per heavy atom. The van der Waals surface area contributed by atoms with E-state index in [9.17, 15) is 13.2 Å². The van der Waals surface area contributed by atoms with Crippen molar-refractivity contribution in [3.63, 3.8) is 0 Å². The topological polar surface area (TPSA) is 66.5 Å². The van der Waals surface area contributed by atoms with Gasteiger partial charge < -0.3 is 5.32 Å². The molecule has 1 saturated heterocycles. The average Bonchev–Trinajstić information content (AvgIpc) is 3.14. The Kier molecular flexibility index (Phi) is 6.45. The molecule has 5 nitrogen and oxygen atoms in total. The van der Waals surface area contributed by atoms with Crippen molar-refractivity contribution < 1.29 is 13.2 Å². The number of amides is 1. The molecule has 1 fully saturated rings. The Hall–Kier alpha value is -0.870. The molecular weight excluding hydrogens is 456 g/mol. The van der Waals surface area contributed by atoms with Gasteiger partial charge in [-0.05, 0) is 36.1 Å². The molecule has 1 aliphatic heterocycles. The molecule has 0 spiro atoms. The summed E-state index contributed by atoms with van der Waals surface area (Å²) in [6.07, 6.45) is 0. The molecular formula is C17H19BrN2O3S3. The Morgan fingerprint density at radius 3 is 2.50 bits per heavy atom. The highest BCUT2D eigenvalue weighted by molar-refractivity contribution is 9.10. The third-order valence-corrected chi connectivity index (χ3v) is 8.60. The molecule has 0 saturated carbocycles. The van der Waals surface area contributed by atoms with Gasteiger partial charge in [0.2, 0.25) is 10.0 Å². The number of carbonyl (C=O) groups excluding carboxylic acids is 1. The maximum Gasteiger partial charge on any atom is 0.263 e. The minimum absolute atomic E-state index is 0.106. The van der Waals surface area contributed by atoms with Crippen molar-refractivity contribution in [1.82, 2.24) is 9.62 Å². The fourth-order valence-corrected chi connectivity index (χ4v) is 6.83. The van der Waals surface area contributed by atoms with E-state index in [2.05, 4.69) is 21.2 Å². The molecule has 0 bridgehead atoms. The summed E-state index contributed by atoms with van der Waals surface area (Å²) in [6.45, 7) is 2.85. The van der Waals surface area contributed by atoms with E-state index in [0.29, 0.717) is 13.1 Å². The average molecular weight is 475 g/mol. The molecule has 1 atom stereocenters. The predicted molar refractivity (Wildman–Crippen MR) is 110 cm³/mol. The van der Waals surface area contributed by atoms with Crippen molar-refractivity contribution in [2.45, 2.75) is 17.9 Å². The predicted octanol–water partition coefficient (Wildman–Crippen LogP) is 3.74. The number of carbonyl (C=O) groups is 1. The molecule has 140 valence electrons. The van der Waals surface area contributed by atoms with Gasteiger partial charge in [-0.1, -0.05) is 28.1 Å². The Labute approximate surface area is 170 Å². The van der Waals surface area contributed by atoms with Crippen LogP contribution in [0.25, 0.3) is 0 Å². The van der Waals surface area contributed by atoms with Gasteiger partial charge >= 0.3 is 0 Å². The molecule has 1 aliphatic rings. The first-order chi connectivity index (χ1) is 12.4. The van der Waals surface area contributed by atoms with Gasteiger partial charge in [-0.3, -0.25) is 4.79 Å². The van der Waals surface area contributed by atoms with Gasteiger partial charge in [0.1, 0.15) is 9.77 Å². The summed E-state index contributed by atoms with van der Waals surface area (Å²) in [5.41, 5.74) is 0.954. The second kappa shape index (κ2) is 8.43. The van der Waals surface area contributed by atoms with Crippen molar-refractivity contribution >= 4 is 55.0 Å². The van der Waals surface area contributed by atoms with Crippen molar-refractivity contribution in [2.24, 2.45) is 0 Å². The van der Waals surface area contributed by atoms with E-state index in [-0.39, 0.29) is 21.7 Å². The Balaban J connectivity index is 1.79. The van der Waals surface area contributed by atoms with Gasteiger partial charge in [0, 0.05) is 29.1 Å². The van der Waals surface area contributed by atoms with Crippen LogP contribution < -0.4 is 5.32 Å². The molecule has 1 aromatic carbocycles. The highest BCUT2D eigenvalue weighted by atomic mass is 79.9. The van der Waals surface area contributed by atoms with Crippen LogP contribution in [0.5, 0.6) is 0 Å². The third-order valence-electron chi connectivity index (χ3n) is 4.14. The van der Waals surface area contributed by atoms with Crippen molar-refractivity contribution in [3.8, 4) is 0 Å². The summed E-state index contributed by atoms with van der Waals surface area (Å²) in [5, 5.41) is 4.56. The zero-order chi connectivity index (χ0) is 18.7. The van der Waals surface area contributed by atoms with E-state index in [4.69, 9.17) is 0 Å². The molecule has 1 amide bonds. The number of hydrogen-bond acceptors (Lipinski definition) is 5. The standard InChI is InChI=1S/C17H19BrN2O3S3/c1-12(13-2-4-14(18)5-3-13)19-17(21)16-15(6-9-25-16)26(22,23)20-7-10-24-11-8-20/h2-6,9,12H,7-8,10-11H2,1H3,(H,19,21). The molecule has 1 N–H and O–H groups in total. The van der Waals surface area contributed by atoms with Gasteiger partial charge in [0.05, 0.1) is 6.04 Å². The van der Waals surface area contributed by atoms with Gasteiger partial charge in [-0.25, -0.2) is 8.42 Å². The van der Waals surface area contributed by atoms with Crippen LogP contribution in [0.15, 0.2) is 45.1 Å². The second-order valence-corrected chi connectivity index (χ2v) is 10.8. The smallest absolute Gasteiger partial charge is 0.263 e. The molecule has 2 aromatic rings. The summed E-state index contributed by atoms with van der Waals surface area (Å²) in [6, 6.07) is 8.97. The first-order valence-electron chi connectivity index (χ1n) is 8.11. The number of sulfonamides is 1. The fourth-order valence-electron chi connectivity index (χ4n) is 2.69. The first kappa shape index (κ1) is 19.9. The number of benzene rings is 1. The monoisotopic (exact) mass is 474 g/mol. The second-order valence-electron chi connectivity index (χ2n) is 5.88. The van der Waals surface area contributed by atoms with Crippen LogP contribution >= 0.6 is 39.0 Å². The number of nitrogens with one attached hydrogen (secondary N) is 1. The van der Waals surface area contributed by atoms with E-state index in [1.807, 2.05) is 31.2 Å². The molecule has 1 unspecified atom stereocenters. The summed E-state index contributed by atoms with van der Waals surface area (Å²) in [7, 11) is -3.64. The minimum atomic E-state index is -3.64. The van der Waals surface area contributed by atoms with Crippen LogP contribution in [0.1, 0.15) is 28.2 Å². The summed E-state index contributed by atoms with van der Waals surface area (Å²) in [5.74, 6) is 1.21. The summed E-state index contributed by atoms with van der Waals surface area (Å²) < 4.78 is 28.2. The number of halogens is 1. The quantitative estimate of drug-likeness (QED) is 0.716. The van der Waals surface area contributed by atoms with Gasteiger partial charge in [-0.2, -0.15) is 16.1 Å². The van der Waals surface area contributed by atoms with Crippen LogP contribution in [0.4, 0.5) is 0 Å². The van der Waals surface area contributed by atoms with Crippen LogP contribution in [-0.2, 0) is 10.0 Å². The number of hydrogen-bond donors (Lipinski definition) is 1. The molecule has 26 heavy (non-hydrogen) atoms. The lowest BCUT2D eigenvalue weighted by Gasteiger charge is -2.25. The zero-order valence-corrected chi connectivity index (χ0v) is 18.2. The normalized spacial score (nSPS) is 17.0. The van der Waals surface area contributed by atoms with Crippen LogP contribution in [-0.4, -0.2) is 43.2 Å². The lowest BCUT2D eigenvalue weighted by molar-refractivity contribution is 0.0941. The lowest BCUT2D eigenvalue weighted by Crippen LogP contribution is -2.38. The van der Waals surface area contributed by atoms with Crippen LogP contribution in [0.3, 0.4) is 0 Å². The summed E-state index contributed by atoms with van der Waals surface area (Å²) in [4.78, 5) is 13.1. The van der Waals surface area contributed by atoms with Crippen LogP contribution in [0, 0.1) is 0 Å². The van der Waals surface area contributed by atoms with Gasteiger partial charge in [-0.15, -0.1) is 11.3 Å². The highest BCUT2D eigenvalue weighted by Gasteiger charge is 2.31. The third kappa shape index (κ3) is 4.33. The Morgan fingerprint density at radius 1 is 1.19 bits per heavy atom. The van der Waals surface area contributed by atoms with E-state index in [1.54, 1.807) is 17.1 Å². The zero-order valence-electron chi connectivity index (χ0n) is 14.1. The van der Waals surface area contributed by atoms with E-state index in [1.165, 1.54) is 10.4 Å². The van der Waals surface area contributed by atoms with E-state index in [0.717, 1.165) is 32.9 Å². The molecule has 0 aliphatic carbocycles. The fraction of sp³-hybridized carbons (Fsp3) is 0.353. The van der Waals surface area contributed by atoms with E-state index >= 15 is 0 Å². The molecule has 1 aromatic heterocycles. The van der Waals surface area contributed by atoms with Gasteiger partial charge in [0.25, 0.3) is 5.91 Å². The van der Waals surface area contributed by atoms with Crippen molar-refractivity contribution in [3.05, 3.63) is 50.6 Å². The van der Waals surface area contributed by atoms with Crippen molar-refractivity contribution in [2.75, 3.05) is 24.6 Å². The lowest BCUT2D eigenvalue weighted by atomic mass is 10.1. The molecule has 0 radical (unpaired) electrons. The summed E-state index contributed by atoms with van der Waals surface area (Å²) >= 11 is 6.29. The number of thiophene rings is 1. The number of nitrogens with zero attached hydrogens (tertiary/aromatic N) is 1. The largest absolute Gasteiger partial charge is 0.345 e. The Bertz CT molecular complexity index is 875. The number of rotatable bonds is 5.